The Bertz CT molecular complexity index is 557. The second-order valence-corrected chi connectivity index (χ2v) is 5.71. The number of nitrogens with one attached hydrogen (secondary N) is 2. The number of carbonyl (C=O) groups is 1. The van der Waals surface area contributed by atoms with Gasteiger partial charge >= 0.3 is 0 Å². The fourth-order valence-electron chi connectivity index (χ4n) is 2.65. The van der Waals surface area contributed by atoms with Crippen molar-refractivity contribution in [3.05, 3.63) is 34.9 Å². The lowest BCUT2D eigenvalue weighted by molar-refractivity contribution is -0.130. The molecular weight excluding hydrogens is 276 g/mol. The Balaban J connectivity index is 1.83. The van der Waals surface area contributed by atoms with Crippen molar-refractivity contribution < 1.29 is 4.79 Å². The van der Waals surface area contributed by atoms with Crippen molar-refractivity contribution in [3.63, 3.8) is 0 Å². The van der Waals surface area contributed by atoms with Gasteiger partial charge in [-0.25, -0.2) is 5.43 Å². The third-order valence-electron chi connectivity index (χ3n) is 3.83. The van der Waals surface area contributed by atoms with Crippen molar-refractivity contribution in [3.8, 4) is 0 Å². The number of hydrazine groups is 1. The van der Waals surface area contributed by atoms with Gasteiger partial charge in [0.25, 0.3) is 0 Å². The first-order valence-corrected chi connectivity index (χ1v) is 7.05. The number of benzene rings is 1. The van der Waals surface area contributed by atoms with E-state index in [2.05, 4.69) is 15.8 Å². The summed E-state index contributed by atoms with van der Waals surface area (Å²) in [4.78, 5) is 18.9. The van der Waals surface area contributed by atoms with Crippen LogP contribution >= 0.6 is 11.6 Å². The third kappa shape index (κ3) is 2.32. The van der Waals surface area contributed by atoms with Crippen LogP contribution in [0.25, 0.3) is 0 Å². The van der Waals surface area contributed by atoms with Crippen LogP contribution in [-0.2, 0) is 11.3 Å². The fourth-order valence-corrected chi connectivity index (χ4v) is 2.78. The average molecular weight is 293 g/mol. The summed E-state index contributed by atoms with van der Waals surface area (Å²) in [6.45, 7) is 4.43. The highest BCUT2D eigenvalue weighted by Gasteiger charge is 2.43. The van der Waals surface area contributed by atoms with Gasteiger partial charge in [0.2, 0.25) is 5.91 Å². The second kappa shape index (κ2) is 5.16. The number of hydrogen-bond donors (Lipinski definition) is 2. The van der Waals surface area contributed by atoms with Crippen LogP contribution in [0.5, 0.6) is 0 Å². The van der Waals surface area contributed by atoms with E-state index in [-0.39, 0.29) is 24.0 Å². The number of amidine groups is 1. The van der Waals surface area contributed by atoms with Crippen molar-refractivity contribution in [2.24, 2.45) is 4.99 Å². The molecule has 106 valence electrons. The van der Waals surface area contributed by atoms with Gasteiger partial charge in [-0.3, -0.25) is 20.1 Å². The quantitative estimate of drug-likeness (QED) is 0.865. The van der Waals surface area contributed by atoms with Crippen LogP contribution in [0.1, 0.15) is 19.4 Å². The third-order valence-corrected chi connectivity index (χ3v) is 4.08. The Morgan fingerprint density at radius 1 is 1.30 bits per heavy atom. The summed E-state index contributed by atoms with van der Waals surface area (Å²) in [5.41, 5.74) is 7.15. The zero-order valence-electron chi connectivity index (χ0n) is 11.4. The number of carbonyl (C=O) groups excluding carboxylic acids is 1. The van der Waals surface area contributed by atoms with Crippen LogP contribution in [-0.4, -0.2) is 34.8 Å². The molecule has 0 aromatic heterocycles. The second-order valence-electron chi connectivity index (χ2n) is 5.27. The van der Waals surface area contributed by atoms with Gasteiger partial charge in [0, 0.05) is 11.1 Å². The van der Waals surface area contributed by atoms with E-state index in [4.69, 9.17) is 11.6 Å². The lowest BCUT2D eigenvalue weighted by atomic mass is 10.0. The van der Waals surface area contributed by atoms with E-state index in [1.54, 1.807) is 4.90 Å². The molecule has 1 amide bonds. The van der Waals surface area contributed by atoms with Gasteiger partial charge in [-0.1, -0.05) is 23.7 Å². The number of halogens is 1. The summed E-state index contributed by atoms with van der Waals surface area (Å²) in [7, 11) is 0. The molecule has 1 saturated heterocycles. The lowest BCUT2D eigenvalue weighted by Crippen LogP contribution is -2.54. The van der Waals surface area contributed by atoms with E-state index in [9.17, 15) is 4.79 Å². The molecule has 5 nitrogen and oxygen atoms in total. The van der Waals surface area contributed by atoms with E-state index in [0.29, 0.717) is 11.6 Å². The fraction of sp³-hybridized carbons (Fsp3) is 0.429. The van der Waals surface area contributed by atoms with E-state index in [1.165, 1.54) is 0 Å². The molecule has 2 aliphatic rings. The van der Waals surface area contributed by atoms with Crippen molar-refractivity contribution in [2.45, 2.75) is 38.5 Å². The minimum Gasteiger partial charge on any atom is -0.295 e. The number of aliphatic imine (C=N–C) groups is 1. The summed E-state index contributed by atoms with van der Waals surface area (Å²) < 4.78 is 0. The highest BCUT2D eigenvalue weighted by molar-refractivity contribution is 6.30. The first-order valence-electron chi connectivity index (χ1n) is 6.67. The number of nitrogens with zero attached hydrogens (tertiary/aromatic N) is 2. The van der Waals surface area contributed by atoms with Crippen LogP contribution in [0.2, 0.25) is 5.02 Å². The molecule has 0 bridgehead atoms. The molecule has 0 aliphatic carbocycles. The highest BCUT2D eigenvalue weighted by atomic mass is 35.5. The first kappa shape index (κ1) is 13.5. The number of rotatable bonds is 2. The number of fused-ring (bicyclic) bond motifs is 1. The van der Waals surface area contributed by atoms with Crippen LogP contribution in [0.15, 0.2) is 29.3 Å². The predicted molar refractivity (Wildman–Crippen MR) is 78.4 cm³/mol. The zero-order valence-corrected chi connectivity index (χ0v) is 12.2. The summed E-state index contributed by atoms with van der Waals surface area (Å²) >= 11 is 5.88. The molecule has 2 N–H and O–H groups in total. The Morgan fingerprint density at radius 2 is 2.00 bits per heavy atom. The van der Waals surface area contributed by atoms with E-state index >= 15 is 0 Å². The monoisotopic (exact) mass is 292 g/mol. The molecule has 6 heteroatoms. The zero-order chi connectivity index (χ0) is 14.3. The molecule has 1 aromatic rings. The first-order chi connectivity index (χ1) is 9.56. The standard InChI is InChI=1S/C14H17ClN4O/c1-8-12-13(18-17-8)14(20)19(9(2)16-12)7-10-3-5-11(15)6-4-10/h3-6,8,12-13,17-18H,7H2,1-2H3. The minimum absolute atomic E-state index is 0.0241. The van der Waals surface area contributed by atoms with Crippen molar-refractivity contribution in [1.82, 2.24) is 15.8 Å². The van der Waals surface area contributed by atoms with Crippen molar-refractivity contribution in [1.29, 1.82) is 0 Å². The summed E-state index contributed by atoms with van der Waals surface area (Å²) in [5, 5.41) is 0.694. The van der Waals surface area contributed by atoms with Gasteiger partial charge in [0.1, 0.15) is 11.9 Å². The number of amides is 1. The molecule has 1 aromatic carbocycles. The SMILES string of the molecule is CC1=NC2C(C)NNC2C(=O)N1Cc1ccc(Cl)cc1. The molecule has 3 atom stereocenters. The van der Waals surface area contributed by atoms with Gasteiger partial charge in [-0.2, -0.15) is 0 Å². The molecule has 1 fully saturated rings. The maximum atomic E-state index is 12.6. The van der Waals surface area contributed by atoms with E-state index in [1.807, 2.05) is 38.1 Å². The lowest BCUT2D eigenvalue weighted by Gasteiger charge is -2.32. The van der Waals surface area contributed by atoms with Crippen molar-refractivity contribution >= 4 is 23.3 Å². The Morgan fingerprint density at radius 3 is 2.70 bits per heavy atom. The molecule has 0 radical (unpaired) electrons. The molecule has 3 unspecified atom stereocenters. The van der Waals surface area contributed by atoms with E-state index < -0.39 is 0 Å². The van der Waals surface area contributed by atoms with E-state index in [0.717, 1.165) is 11.4 Å². The molecule has 0 saturated carbocycles. The van der Waals surface area contributed by atoms with Crippen molar-refractivity contribution in [2.75, 3.05) is 0 Å². The predicted octanol–water partition coefficient (Wildman–Crippen LogP) is 1.33. The molecule has 3 rings (SSSR count). The van der Waals surface area contributed by atoms with Gasteiger partial charge in [0.05, 0.1) is 12.6 Å². The molecule has 0 spiro atoms. The average Bonchev–Trinajstić information content (AvgIpc) is 2.79. The molecule has 2 aliphatic heterocycles. The Hall–Kier alpha value is -1.43. The summed E-state index contributed by atoms with van der Waals surface area (Å²) in [6.07, 6.45) is 0. The maximum Gasteiger partial charge on any atom is 0.248 e. The maximum absolute atomic E-state index is 12.6. The minimum atomic E-state index is -0.277. The number of hydrogen-bond acceptors (Lipinski definition) is 4. The molecule has 2 heterocycles. The smallest absolute Gasteiger partial charge is 0.248 e. The van der Waals surface area contributed by atoms with Gasteiger partial charge in [0.15, 0.2) is 0 Å². The molecule has 20 heavy (non-hydrogen) atoms. The highest BCUT2D eigenvalue weighted by Crippen LogP contribution is 2.21. The van der Waals surface area contributed by atoms with Crippen LogP contribution in [0.4, 0.5) is 0 Å². The van der Waals surface area contributed by atoms with Gasteiger partial charge < -0.3 is 0 Å². The van der Waals surface area contributed by atoms with Crippen LogP contribution in [0.3, 0.4) is 0 Å². The normalized spacial score (nSPS) is 29.4. The van der Waals surface area contributed by atoms with Gasteiger partial charge in [-0.05, 0) is 31.5 Å². The van der Waals surface area contributed by atoms with Crippen LogP contribution in [0, 0.1) is 0 Å². The van der Waals surface area contributed by atoms with Crippen LogP contribution < -0.4 is 10.9 Å². The molecular formula is C14H17ClN4O. The Labute approximate surface area is 123 Å². The summed E-state index contributed by atoms with van der Waals surface area (Å²) in [5.74, 6) is 0.831. The largest absolute Gasteiger partial charge is 0.295 e. The summed E-state index contributed by atoms with van der Waals surface area (Å²) in [6, 6.07) is 7.38. The topological polar surface area (TPSA) is 56.7 Å². The Kier molecular flexibility index (Phi) is 3.50. The van der Waals surface area contributed by atoms with Gasteiger partial charge in [-0.15, -0.1) is 0 Å².